The molecule has 0 spiro atoms. The van der Waals surface area contributed by atoms with E-state index >= 15 is 0 Å². The molecule has 3 rings (SSSR count). The molecule has 0 fully saturated rings. The van der Waals surface area contributed by atoms with Gasteiger partial charge in [0.1, 0.15) is 12.6 Å². The molecule has 232 valence electrons. The minimum absolute atomic E-state index is 0.0557. The number of carbonyl (C=O) groups excluding carboxylic acids is 2. The fourth-order valence-corrected chi connectivity index (χ4v) is 5.60. The number of amides is 2. The smallest absolute Gasteiger partial charge is 0.352 e. The van der Waals surface area contributed by atoms with Crippen LogP contribution in [0, 0.1) is 6.92 Å². The summed E-state index contributed by atoms with van der Waals surface area (Å²) in [5.74, 6) is -1.23. The number of carbonyl (C=O) groups is 2. The summed E-state index contributed by atoms with van der Waals surface area (Å²) < 4.78 is 67.0. The van der Waals surface area contributed by atoms with Gasteiger partial charge in [0.15, 0.2) is 0 Å². The zero-order chi connectivity index (χ0) is 31.9. The Morgan fingerprint density at radius 1 is 0.977 bits per heavy atom. The van der Waals surface area contributed by atoms with Gasteiger partial charge in [0.2, 0.25) is 21.8 Å². The second kappa shape index (κ2) is 14.3. The van der Waals surface area contributed by atoms with Crippen LogP contribution in [0.2, 0.25) is 5.02 Å². The van der Waals surface area contributed by atoms with Gasteiger partial charge in [-0.15, -0.1) is 0 Å². The molecule has 0 aliphatic rings. The average Bonchev–Trinajstić information content (AvgIpc) is 2.93. The SMILES string of the molecule is CC[C@H](C)NC(=O)[C@@H](Cc1ccccc1)N(Cc1cccc(C)c1)C(=O)CN(c1cc(C(F)(F)F)ccc1Cl)S(C)(=O)=O. The Morgan fingerprint density at radius 2 is 1.63 bits per heavy atom. The second-order valence-corrected chi connectivity index (χ2v) is 12.8. The first-order valence-corrected chi connectivity index (χ1v) is 15.9. The topological polar surface area (TPSA) is 86.8 Å². The highest BCUT2D eigenvalue weighted by Gasteiger charge is 2.36. The molecule has 43 heavy (non-hydrogen) atoms. The monoisotopic (exact) mass is 637 g/mol. The molecule has 0 aromatic heterocycles. The average molecular weight is 638 g/mol. The molecule has 0 bridgehead atoms. The van der Waals surface area contributed by atoms with Crippen LogP contribution in [0.5, 0.6) is 0 Å². The number of halogens is 4. The normalized spacial score (nSPS) is 13.2. The number of sulfonamides is 1. The highest BCUT2D eigenvalue weighted by atomic mass is 35.5. The van der Waals surface area contributed by atoms with Crippen LogP contribution in [-0.2, 0) is 38.8 Å². The highest BCUT2D eigenvalue weighted by Crippen LogP contribution is 2.36. The van der Waals surface area contributed by atoms with Gasteiger partial charge in [-0.2, -0.15) is 13.2 Å². The van der Waals surface area contributed by atoms with E-state index in [2.05, 4.69) is 5.32 Å². The third-order valence-electron chi connectivity index (χ3n) is 6.93. The lowest BCUT2D eigenvalue weighted by atomic mass is 10.0. The lowest BCUT2D eigenvalue weighted by molar-refractivity contribution is -0.140. The van der Waals surface area contributed by atoms with Crippen LogP contribution in [-0.4, -0.2) is 50.0 Å². The summed E-state index contributed by atoms with van der Waals surface area (Å²) in [4.78, 5) is 29.1. The number of alkyl halides is 3. The van der Waals surface area contributed by atoms with Crippen molar-refractivity contribution in [2.45, 2.75) is 58.4 Å². The van der Waals surface area contributed by atoms with Crippen LogP contribution in [0.25, 0.3) is 0 Å². The second-order valence-electron chi connectivity index (χ2n) is 10.5. The summed E-state index contributed by atoms with van der Waals surface area (Å²) >= 11 is 6.19. The summed E-state index contributed by atoms with van der Waals surface area (Å²) in [6, 6.07) is 17.3. The van der Waals surface area contributed by atoms with Crippen molar-refractivity contribution in [3.63, 3.8) is 0 Å². The highest BCUT2D eigenvalue weighted by molar-refractivity contribution is 7.92. The fraction of sp³-hybridized carbons (Fsp3) is 0.355. The standard InChI is InChI=1S/C31H35ClF3N3O4S/c1-5-22(3)36-30(40)28(17-23-11-7-6-8-12-23)37(19-24-13-9-10-21(2)16-24)29(39)20-38(43(4,41)42)27-18-25(31(33,34)35)14-15-26(27)32/h6-16,18,22,28H,5,17,19-20H2,1-4H3,(H,36,40)/t22-,28+/m0/s1. The Hall–Kier alpha value is -3.57. The number of nitrogens with zero attached hydrogens (tertiary/aromatic N) is 2. The lowest BCUT2D eigenvalue weighted by Crippen LogP contribution is -2.54. The Balaban J connectivity index is 2.12. The summed E-state index contributed by atoms with van der Waals surface area (Å²) in [5.41, 5.74) is 0.730. The molecule has 3 aromatic carbocycles. The first-order chi connectivity index (χ1) is 20.1. The zero-order valence-electron chi connectivity index (χ0n) is 24.4. The minimum atomic E-state index is -4.78. The number of hydrogen-bond donors (Lipinski definition) is 1. The Labute approximate surface area is 255 Å². The van der Waals surface area contributed by atoms with E-state index < -0.39 is 51.9 Å². The molecule has 0 aliphatic carbocycles. The van der Waals surface area contributed by atoms with E-state index in [-0.39, 0.29) is 24.0 Å². The van der Waals surface area contributed by atoms with Crippen LogP contribution in [0.1, 0.15) is 42.5 Å². The molecule has 2 atom stereocenters. The minimum Gasteiger partial charge on any atom is -0.352 e. The maximum Gasteiger partial charge on any atom is 0.416 e. The van der Waals surface area contributed by atoms with E-state index in [4.69, 9.17) is 11.6 Å². The van der Waals surface area contributed by atoms with Gasteiger partial charge < -0.3 is 10.2 Å². The van der Waals surface area contributed by atoms with Crippen molar-refractivity contribution in [2.24, 2.45) is 0 Å². The van der Waals surface area contributed by atoms with Gasteiger partial charge in [-0.25, -0.2) is 8.42 Å². The van der Waals surface area contributed by atoms with E-state index in [1.165, 1.54) is 4.90 Å². The largest absolute Gasteiger partial charge is 0.416 e. The van der Waals surface area contributed by atoms with Crippen molar-refractivity contribution in [3.8, 4) is 0 Å². The van der Waals surface area contributed by atoms with Crippen LogP contribution in [0.15, 0.2) is 72.8 Å². The molecule has 7 nitrogen and oxygen atoms in total. The maximum absolute atomic E-state index is 14.1. The van der Waals surface area contributed by atoms with Crippen molar-refractivity contribution in [3.05, 3.63) is 100 Å². The molecule has 0 unspecified atom stereocenters. The Morgan fingerprint density at radius 3 is 2.21 bits per heavy atom. The molecule has 1 N–H and O–H groups in total. The van der Waals surface area contributed by atoms with Gasteiger partial charge in [0.05, 0.1) is 22.5 Å². The van der Waals surface area contributed by atoms with Gasteiger partial charge >= 0.3 is 6.18 Å². The van der Waals surface area contributed by atoms with E-state index in [9.17, 15) is 31.2 Å². The number of rotatable bonds is 12. The summed E-state index contributed by atoms with van der Waals surface area (Å²) in [5, 5.41) is 2.63. The number of benzene rings is 3. The predicted octanol–water partition coefficient (Wildman–Crippen LogP) is 5.99. The fourth-order valence-electron chi connectivity index (χ4n) is 4.48. The van der Waals surface area contributed by atoms with Crippen molar-refractivity contribution in [2.75, 3.05) is 17.1 Å². The molecule has 0 aliphatic heterocycles. The molecule has 0 saturated carbocycles. The molecule has 0 heterocycles. The Bertz CT molecular complexity index is 1530. The number of aryl methyl sites for hydroxylation is 1. The van der Waals surface area contributed by atoms with Crippen LogP contribution in [0.4, 0.5) is 18.9 Å². The molecule has 0 radical (unpaired) electrons. The van der Waals surface area contributed by atoms with Crippen LogP contribution < -0.4 is 9.62 Å². The molecule has 0 saturated heterocycles. The van der Waals surface area contributed by atoms with Crippen molar-refractivity contribution in [1.82, 2.24) is 10.2 Å². The molecule has 12 heteroatoms. The Kier molecular flexibility index (Phi) is 11.3. The van der Waals surface area contributed by atoms with Crippen LogP contribution in [0.3, 0.4) is 0 Å². The lowest BCUT2D eigenvalue weighted by Gasteiger charge is -2.34. The first kappa shape index (κ1) is 33.9. The summed E-state index contributed by atoms with van der Waals surface area (Å²) in [7, 11) is -4.31. The van der Waals surface area contributed by atoms with Gasteiger partial charge in [-0.3, -0.25) is 13.9 Å². The molecular formula is C31H35ClF3N3O4S. The number of nitrogens with one attached hydrogen (secondary N) is 1. The molecular weight excluding hydrogens is 603 g/mol. The van der Waals surface area contributed by atoms with Crippen molar-refractivity contribution in [1.29, 1.82) is 0 Å². The van der Waals surface area contributed by atoms with Gasteiger partial charge in [-0.1, -0.05) is 78.7 Å². The van der Waals surface area contributed by atoms with Crippen molar-refractivity contribution < 1.29 is 31.2 Å². The van der Waals surface area contributed by atoms with E-state index in [0.29, 0.717) is 22.4 Å². The quantitative estimate of drug-likeness (QED) is 0.264. The van der Waals surface area contributed by atoms with Gasteiger partial charge in [0.25, 0.3) is 0 Å². The third kappa shape index (κ3) is 9.46. The molecule has 3 aromatic rings. The maximum atomic E-state index is 14.1. The summed E-state index contributed by atoms with van der Waals surface area (Å²) in [6.07, 6.45) is -3.26. The first-order valence-electron chi connectivity index (χ1n) is 13.6. The van der Waals surface area contributed by atoms with Crippen LogP contribution >= 0.6 is 11.6 Å². The van der Waals surface area contributed by atoms with E-state index in [1.807, 2.05) is 51.1 Å². The van der Waals surface area contributed by atoms with E-state index in [1.54, 1.807) is 24.3 Å². The van der Waals surface area contributed by atoms with Gasteiger partial charge in [-0.05, 0) is 49.6 Å². The van der Waals surface area contributed by atoms with Gasteiger partial charge in [0, 0.05) is 19.0 Å². The number of hydrogen-bond acceptors (Lipinski definition) is 4. The molecule has 2 amide bonds. The van der Waals surface area contributed by atoms with Crippen molar-refractivity contribution >= 4 is 39.1 Å². The zero-order valence-corrected chi connectivity index (χ0v) is 25.9. The van der Waals surface area contributed by atoms with E-state index in [0.717, 1.165) is 29.5 Å². The predicted molar refractivity (Wildman–Crippen MR) is 162 cm³/mol. The summed E-state index contributed by atoms with van der Waals surface area (Å²) in [6.45, 7) is 4.65. The third-order valence-corrected chi connectivity index (χ3v) is 8.37. The number of anilines is 1.